The molecule has 0 amide bonds. The minimum atomic E-state index is 0. The lowest BCUT2D eigenvalue weighted by Gasteiger charge is -2.07. The molecule has 3 nitrogen and oxygen atoms in total. The van der Waals surface area contributed by atoms with Crippen molar-refractivity contribution < 1.29 is 21.4 Å². The van der Waals surface area contributed by atoms with E-state index in [0.29, 0.717) is 0 Å². The number of aryl methyl sites for hydroxylation is 1. The molecule has 0 radical (unpaired) electrons. The molecule has 0 aromatic carbocycles. The SMILES string of the molecule is Cc1cc[n+]2cc(-c3ccccn3)c(-c3ccccn3)cc2c1.[Br-]. The molecule has 4 aromatic heterocycles. The van der Waals surface area contributed by atoms with E-state index in [4.69, 9.17) is 0 Å². The van der Waals surface area contributed by atoms with Crippen molar-refractivity contribution in [1.29, 1.82) is 0 Å². The molecule has 4 heterocycles. The van der Waals surface area contributed by atoms with Gasteiger partial charge < -0.3 is 17.0 Å². The van der Waals surface area contributed by atoms with Crippen LogP contribution in [0.15, 0.2) is 79.4 Å². The van der Waals surface area contributed by atoms with Gasteiger partial charge in [-0.1, -0.05) is 12.1 Å². The zero-order valence-electron chi connectivity index (χ0n) is 13.2. The molecule has 0 N–H and O–H groups in total. The predicted octanol–water partition coefficient (Wildman–Crippen LogP) is 0.862. The molecule has 24 heavy (non-hydrogen) atoms. The fourth-order valence-electron chi connectivity index (χ4n) is 2.77. The van der Waals surface area contributed by atoms with Crippen molar-refractivity contribution in [2.45, 2.75) is 6.92 Å². The van der Waals surface area contributed by atoms with Crippen LogP contribution in [0.3, 0.4) is 0 Å². The summed E-state index contributed by atoms with van der Waals surface area (Å²) in [7, 11) is 0. The number of nitrogens with zero attached hydrogens (tertiary/aromatic N) is 3. The van der Waals surface area contributed by atoms with Crippen LogP contribution in [0.25, 0.3) is 28.0 Å². The van der Waals surface area contributed by atoms with Crippen molar-refractivity contribution in [3.8, 4) is 22.5 Å². The molecule has 0 saturated carbocycles. The highest BCUT2D eigenvalue weighted by atomic mass is 79.9. The highest BCUT2D eigenvalue weighted by Gasteiger charge is 2.16. The van der Waals surface area contributed by atoms with Crippen LogP contribution >= 0.6 is 0 Å². The van der Waals surface area contributed by atoms with Gasteiger partial charge in [-0.05, 0) is 36.8 Å². The summed E-state index contributed by atoms with van der Waals surface area (Å²) < 4.78 is 2.13. The van der Waals surface area contributed by atoms with E-state index in [2.05, 4.69) is 51.9 Å². The molecule has 0 unspecified atom stereocenters. The Balaban J connectivity index is 0.00000169. The summed E-state index contributed by atoms with van der Waals surface area (Å²) >= 11 is 0. The molecule has 4 aromatic rings. The van der Waals surface area contributed by atoms with Crippen LogP contribution in [-0.2, 0) is 0 Å². The fourth-order valence-corrected chi connectivity index (χ4v) is 2.77. The summed E-state index contributed by atoms with van der Waals surface area (Å²) in [6.45, 7) is 2.10. The highest BCUT2D eigenvalue weighted by Crippen LogP contribution is 2.29. The first kappa shape index (κ1) is 16.3. The van der Waals surface area contributed by atoms with Crippen LogP contribution in [0.4, 0.5) is 0 Å². The first-order valence-corrected chi connectivity index (χ1v) is 7.60. The summed E-state index contributed by atoms with van der Waals surface area (Å²) in [6.07, 6.45) is 7.85. The van der Waals surface area contributed by atoms with Crippen LogP contribution in [-0.4, -0.2) is 9.97 Å². The van der Waals surface area contributed by atoms with Crippen molar-refractivity contribution in [3.05, 3.63) is 84.9 Å². The molecule has 118 valence electrons. The van der Waals surface area contributed by atoms with Gasteiger partial charge in [0.2, 0.25) is 5.52 Å². The molecule has 0 bridgehead atoms. The summed E-state index contributed by atoms with van der Waals surface area (Å²) in [6, 6.07) is 18.4. The van der Waals surface area contributed by atoms with E-state index in [-0.39, 0.29) is 17.0 Å². The van der Waals surface area contributed by atoms with Gasteiger partial charge >= 0.3 is 0 Å². The Hall–Kier alpha value is -2.59. The van der Waals surface area contributed by atoms with Gasteiger partial charge in [0, 0.05) is 36.2 Å². The van der Waals surface area contributed by atoms with Crippen molar-refractivity contribution in [3.63, 3.8) is 0 Å². The molecule has 0 aliphatic carbocycles. The van der Waals surface area contributed by atoms with Crippen LogP contribution in [0.1, 0.15) is 5.56 Å². The van der Waals surface area contributed by atoms with Crippen molar-refractivity contribution in [1.82, 2.24) is 9.97 Å². The molecular formula is C20H16BrN3. The summed E-state index contributed by atoms with van der Waals surface area (Å²) in [5.74, 6) is 0. The van der Waals surface area contributed by atoms with Gasteiger partial charge in [-0.3, -0.25) is 9.97 Å². The third-order valence-electron chi connectivity index (χ3n) is 3.90. The van der Waals surface area contributed by atoms with E-state index >= 15 is 0 Å². The highest BCUT2D eigenvalue weighted by molar-refractivity contribution is 5.81. The second kappa shape index (κ2) is 6.89. The first-order valence-electron chi connectivity index (χ1n) is 7.60. The van der Waals surface area contributed by atoms with Crippen LogP contribution in [0.5, 0.6) is 0 Å². The lowest BCUT2D eigenvalue weighted by Crippen LogP contribution is -3.00. The van der Waals surface area contributed by atoms with Crippen LogP contribution < -0.4 is 21.4 Å². The maximum Gasteiger partial charge on any atom is 0.211 e. The van der Waals surface area contributed by atoms with Crippen LogP contribution in [0.2, 0.25) is 0 Å². The van der Waals surface area contributed by atoms with E-state index in [0.717, 1.165) is 28.0 Å². The lowest BCUT2D eigenvalue weighted by atomic mass is 10.0. The number of pyridine rings is 4. The Bertz CT molecular complexity index is 970. The summed E-state index contributed by atoms with van der Waals surface area (Å²) in [5.41, 5.74) is 6.45. The predicted molar refractivity (Wildman–Crippen MR) is 90.8 cm³/mol. The number of halogens is 1. The molecular weight excluding hydrogens is 362 g/mol. The standard InChI is InChI=1S/C20H16N3.BrH/c1-15-8-11-23-14-18(20-7-3-5-10-22-20)17(13-16(23)12-15)19-6-2-4-9-21-19;/h2-14H,1H3;1H/q+1;/p-1. The number of hydrogen-bond acceptors (Lipinski definition) is 2. The lowest BCUT2D eigenvalue weighted by molar-refractivity contribution is -0.511. The molecule has 0 aliphatic heterocycles. The Kier molecular flexibility index (Phi) is 4.67. The zero-order chi connectivity index (χ0) is 15.6. The largest absolute Gasteiger partial charge is 1.00 e. The van der Waals surface area contributed by atoms with Gasteiger partial charge in [0.25, 0.3) is 0 Å². The van der Waals surface area contributed by atoms with Gasteiger partial charge in [-0.25, -0.2) is 0 Å². The summed E-state index contributed by atoms with van der Waals surface area (Å²) in [4.78, 5) is 9.05. The quantitative estimate of drug-likeness (QED) is 0.485. The van der Waals surface area contributed by atoms with Crippen molar-refractivity contribution in [2.24, 2.45) is 0 Å². The summed E-state index contributed by atoms with van der Waals surface area (Å²) in [5, 5.41) is 0. The monoisotopic (exact) mass is 377 g/mol. The Morgan fingerprint density at radius 2 is 1.46 bits per heavy atom. The van der Waals surface area contributed by atoms with E-state index in [1.165, 1.54) is 5.56 Å². The molecule has 0 atom stereocenters. The molecule has 0 fully saturated rings. The fraction of sp³-hybridized carbons (Fsp3) is 0.0500. The van der Waals surface area contributed by atoms with Gasteiger partial charge in [0.1, 0.15) is 0 Å². The number of aromatic nitrogens is 3. The maximum atomic E-state index is 4.53. The van der Waals surface area contributed by atoms with E-state index < -0.39 is 0 Å². The average molecular weight is 378 g/mol. The molecule has 0 aliphatic rings. The van der Waals surface area contributed by atoms with Crippen LogP contribution in [0, 0.1) is 6.92 Å². The first-order chi connectivity index (χ1) is 11.3. The van der Waals surface area contributed by atoms with E-state index in [9.17, 15) is 0 Å². The van der Waals surface area contributed by atoms with Gasteiger partial charge in [0.15, 0.2) is 12.4 Å². The van der Waals surface area contributed by atoms with Crippen molar-refractivity contribution in [2.75, 3.05) is 0 Å². The minimum Gasteiger partial charge on any atom is -1.00 e. The number of rotatable bonds is 2. The van der Waals surface area contributed by atoms with Gasteiger partial charge in [-0.2, -0.15) is 4.40 Å². The Labute approximate surface area is 151 Å². The van der Waals surface area contributed by atoms with Gasteiger partial charge in [-0.15, -0.1) is 0 Å². The number of fused-ring (bicyclic) bond motifs is 1. The van der Waals surface area contributed by atoms with E-state index in [1.54, 1.807) is 0 Å². The smallest absolute Gasteiger partial charge is 0.211 e. The molecule has 0 spiro atoms. The topological polar surface area (TPSA) is 29.9 Å². The van der Waals surface area contributed by atoms with Gasteiger partial charge in [0.05, 0.1) is 17.0 Å². The zero-order valence-corrected chi connectivity index (χ0v) is 14.8. The average Bonchev–Trinajstić information content (AvgIpc) is 2.62. The second-order valence-corrected chi connectivity index (χ2v) is 5.57. The molecule has 4 heteroatoms. The minimum absolute atomic E-state index is 0. The third kappa shape index (κ3) is 3.05. The maximum absolute atomic E-state index is 4.53. The Morgan fingerprint density at radius 1 is 0.792 bits per heavy atom. The normalized spacial score (nSPS) is 10.4. The third-order valence-corrected chi connectivity index (χ3v) is 3.90. The molecule has 0 saturated heterocycles. The second-order valence-electron chi connectivity index (χ2n) is 5.57. The molecule has 4 rings (SSSR count). The van der Waals surface area contributed by atoms with E-state index in [1.807, 2.05) is 48.8 Å². The number of hydrogen-bond donors (Lipinski definition) is 0. The van der Waals surface area contributed by atoms with Crippen molar-refractivity contribution >= 4 is 5.52 Å². The Morgan fingerprint density at radius 3 is 2.08 bits per heavy atom.